The minimum atomic E-state index is 0.0973. The first-order valence-corrected chi connectivity index (χ1v) is 9.67. The molecule has 0 bridgehead atoms. The minimum absolute atomic E-state index is 0.0973. The molecule has 0 aromatic heterocycles. The van der Waals surface area contributed by atoms with E-state index in [0.29, 0.717) is 6.04 Å². The van der Waals surface area contributed by atoms with E-state index >= 15 is 0 Å². The smallest absolute Gasteiger partial charge is 0.133 e. The summed E-state index contributed by atoms with van der Waals surface area (Å²) >= 11 is 1.74. The number of hydrogen-bond acceptors (Lipinski definition) is 3. The maximum absolute atomic E-state index is 6.46. The second-order valence-electron chi connectivity index (χ2n) is 6.05. The van der Waals surface area contributed by atoms with Crippen molar-refractivity contribution < 1.29 is 4.74 Å². The fraction of sp³-hybridized carbons (Fsp3) is 0.400. The fourth-order valence-electron chi connectivity index (χ4n) is 3.17. The van der Waals surface area contributed by atoms with Crippen LogP contribution in [0.2, 0.25) is 0 Å². The van der Waals surface area contributed by atoms with E-state index in [1.165, 1.54) is 29.7 Å². The number of hydrogen-bond donors (Lipinski definition) is 1. The minimum Gasteiger partial charge on any atom is -0.485 e. The third-order valence-corrected chi connectivity index (χ3v) is 5.20. The molecule has 23 heavy (non-hydrogen) atoms. The van der Waals surface area contributed by atoms with Gasteiger partial charge in [-0.05, 0) is 43.3 Å². The van der Waals surface area contributed by atoms with Crippen molar-refractivity contribution in [2.75, 3.05) is 12.8 Å². The molecule has 1 saturated heterocycles. The zero-order valence-electron chi connectivity index (χ0n) is 13.7. The van der Waals surface area contributed by atoms with Crippen LogP contribution in [0.25, 0.3) is 0 Å². The number of ether oxygens (including phenoxy) is 1. The Kier molecular flexibility index (Phi) is 6.00. The Labute approximate surface area is 143 Å². The lowest BCUT2D eigenvalue weighted by molar-refractivity contribution is 0.165. The number of nitrogens with one attached hydrogen (secondary N) is 1. The van der Waals surface area contributed by atoms with Gasteiger partial charge in [-0.1, -0.05) is 48.9 Å². The van der Waals surface area contributed by atoms with Gasteiger partial charge in [-0.2, -0.15) is 0 Å². The van der Waals surface area contributed by atoms with Gasteiger partial charge in [0, 0.05) is 17.4 Å². The van der Waals surface area contributed by atoms with Gasteiger partial charge in [-0.15, -0.1) is 11.8 Å². The zero-order chi connectivity index (χ0) is 15.9. The SMILES string of the molecule is CSc1ccccc1OC(CC1CCCCN1)c1ccccc1. The lowest BCUT2D eigenvalue weighted by Crippen LogP contribution is -2.36. The normalized spacial score (nSPS) is 19.3. The lowest BCUT2D eigenvalue weighted by atomic mass is 9.96. The highest BCUT2D eigenvalue weighted by Gasteiger charge is 2.22. The second kappa shape index (κ2) is 8.42. The standard InChI is InChI=1S/C20H25NOS/c1-23-20-13-6-5-12-18(20)22-19(16-9-3-2-4-10-16)15-17-11-7-8-14-21-17/h2-6,9-10,12-13,17,19,21H,7-8,11,14-15H2,1H3. The first-order chi connectivity index (χ1) is 11.4. The molecule has 0 aliphatic carbocycles. The number of para-hydroxylation sites is 1. The van der Waals surface area contributed by atoms with Crippen LogP contribution >= 0.6 is 11.8 Å². The van der Waals surface area contributed by atoms with Gasteiger partial charge in [0.25, 0.3) is 0 Å². The van der Waals surface area contributed by atoms with Crippen LogP contribution in [0, 0.1) is 0 Å². The van der Waals surface area contributed by atoms with Crippen molar-refractivity contribution in [3.8, 4) is 5.75 Å². The summed E-state index contributed by atoms with van der Waals surface area (Å²) in [6.07, 6.45) is 7.08. The Morgan fingerprint density at radius 1 is 1.09 bits per heavy atom. The van der Waals surface area contributed by atoms with Gasteiger partial charge in [0.15, 0.2) is 0 Å². The maximum atomic E-state index is 6.46. The molecule has 3 rings (SSSR count). The summed E-state index contributed by atoms with van der Waals surface area (Å²) in [5.74, 6) is 0.990. The first kappa shape index (κ1) is 16.4. The van der Waals surface area contributed by atoms with Crippen LogP contribution in [0.5, 0.6) is 5.75 Å². The Balaban J connectivity index is 1.79. The van der Waals surface area contributed by atoms with E-state index in [1.807, 2.05) is 0 Å². The zero-order valence-corrected chi connectivity index (χ0v) is 14.5. The summed E-state index contributed by atoms with van der Waals surface area (Å²) in [6.45, 7) is 1.13. The van der Waals surface area contributed by atoms with Gasteiger partial charge in [0.2, 0.25) is 0 Å². The van der Waals surface area contributed by atoms with Crippen LogP contribution in [0.4, 0.5) is 0 Å². The van der Waals surface area contributed by atoms with Gasteiger partial charge in [-0.25, -0.2) is 0 Å². The highest BCUT2D eigenvalue weighted by Crippen LogP contribution is 2.33. The molecular weight excluding hydrogens is 302 g/mol. The molecule has 2 nitrogen and oxygen atoms in total. The van der Waals surface area contributed by atoms with Gasteiger partial charge in [0.1, 0.15) is 11.9 Å². The molecule has 2 atom stereocenters. The van der Waals surface area contributed by atoms with Gasteiger partial charge in [-0.3, -0.25) is 0 Å². The van der Waals surface area contributed by atoms with Crippen LogP contribution < -0.4 is 10.1 Å². The number of piperidine rings is 1. The lowest BCUT2D eigenvalue weighted by Gasteiger charge is -2.29. The molecule has 122 valence electrons. The average Bonchev–Trinajstić information content (AvgIpc) is 2.63. The van der Waals surface area contributed by atoms with Crippen molar-refractivity contribution in [3.05, 3.63) is 60.2 Å². The molecule has 0 spiro atoms. The van der Waals surface area contributed by atoms with Crippen LogP contribution in [0.3, 0.4) is 0 Å². The molecule has 0 amide bonds. The summed E-state index contributed by atoms with van der Waals surface area (Å²) in [5, 5.41) is 3.65. The molecule has 1 aliphatic heterocycles. The van der Waals surface area contributed by atoms with Crippen LogP contribution in [0.1, 0.15) is 37.4 Å². The molecule has 1 aliphatic rings. The van der Waals surface area contributed by atoms with Crippen molar-refractivity contribution in [2.45, 2.75) is 42.7 Å². The van der Waals surface area contributed by atoms with Crippen molar-refractivity contribution >= 4 is 11.8 Å². The second-order valence-corrected chi connectivity index (χ2v) is 6.90. The fourth-order valence-corrected chi connectivity index (χ4v) is 3.70. The van der Waals surface area contributed by atoms with Gasteiger partial charge < -0.3 is 10.1 Å². The summed E-state index contributed by atoms with van der Waals surface area (Å²) in [7, 11) is 0. The first-order valence-electron chi connectivity index (χ1n) is 8.45. The Hall–Kier alpha value is -1.45. The molecule has 1 fully saturated rings. The van der Waals surface area contributed by atoms with Crippen molar-refractivity contribution in [3.63, 3.8) is 0 Å². The van der Waals surface area contributed by atoms with E-state index in [1.54, 1.807) is 11.8 Å². The molecule has 1 N–H and O–H groups in total. The van der Waals surface area contributed by atoms with Crippen molar-refractivity contribution in [1.82, 2.24) is 5.32 Å². The number of rotatable bonds is 6. The predicted molar refractivity (Wildman–Crippen MR) is 98.3 cm³/mol. The van der Waals surface area contributed by atoms with E-state index in [4.69, 9.17) is 4.74 Å². The van der Waals surface area contributed by atoms with E-state index in [0.717, 1.165) is 18.7 Å². The van der Waals surface area contributed by atoms with E-state index < -0.39 is 0 Å². The summed E-state index contributed by atoms with van der Waals surface area (Å²) in [4.78, 5) is 1.20. The quantitative estimate of drug-likeness (QED) is 0.749. The predicted octanol–water partition coefficient (Wildman–Crippen LogP) is 5.06. The van der Waals surface area contributed by atoms with Gasteiger partial charge >= 0.3 is 0 Å². The largest absolute Gasteiger partial charge is 0.485 e. The average molecular weight is 327 g/mol. The number of thioether (sulfide) groups is 1. The maximum Gasteiger partial charge on any atom is 0.133 e. The Morgan fingerprint density at radius 3 is 2.61 bits per heavy atom. The molecule has 0 radical (unpaired) electrons. The van der Waals surface area contributed by atoms with Crippen molar-refractivity contribution in [1.29, 1.82) is 0 Å². The summed E-state index contributed by atoms with van der Waals surface area (Å²) in [5.41, 5.74) is 1.26. The molecule has 1 heterocycles. The summed E-state index contributed by atoms with van der Waals surface area (Å²) in [6, 6.07) is 19.5. The molecule has 2 unspecified atom stereocenters. The van der Waals surface area contributed by atoms with E-state index in [-0.39, 0.29) is 6.10 Å². The molecule has 2 aromatic rings. The highest BCUT2D eigenvalue weighted by molar-refractivity contribution is 7.98. The Morgan fingerprint density at radius 2 is 1.87 bits per heavy atom. The highest BCUT2D eigenvalue weighted by atomic mass is 32.2. The van der Waals surface area contributed by atoms with Crippen LogP contribution in [0.15, 0.2) is 59.5 Å². The topological polar surface area (TPSA) is 21.3 Å². The van der Waals surface area contributed by atoms with E-state index in [9.17, 15) is 0 Å². The van der Waals surface area contributed by atoms with Crippen molar-refractivity contribution in [2.24, 2.45) is 0 Å². The van der Waals surface area contributed by atoms with Crippen LogP contribution in [-0.2, 0) is 0 Å². The van der Waals surface area contributed by atoms with Crippen LogP contribution in [-0.4, -0.2) is 18.8 Å². The monoisotopic (exact) mass is 327 g/mol. The van der Waals surface area contributed by atoms with Gasteiger partial charge in [0.05, 0.1) is 0 Å². The third kappa shape index (κ3) is 4.52. The molecular formula is C20H25NOS. The molecule has 0 saturated carbocycles. The summed E-state index contributed by atoms with van der Waals surface area (Å²) < 4.78 is 6.46. The van der Waals surface area contributed by atoms with E-state index in [2.05, 4.69) is 66.2 Å². The number of benzene rings is 2. The molecule has 3 heteroatoms. The molecule has 2 aromatic carbocycles. The Bertz CT molecular complexity index is 596. The third-order valence-electron chi connectivity index (χ3n) is 4.42.